The Morgan fingerprint density at radius 1 is 1.16 bits per heavy atom. The molecular weight excluding hydrogens is 322 g/mol. The maximum absolute atomic E-state index is 11.2. The largest absolute Gasteiger partial charge is 0.508 e. The molecule has 4 N–H and O–H groups in total. The number of aromatic amines is 1. The molecule has 2 aromatic carbocycles. The van der Waals surface area contributed by atoms with Gasteiger partial charge < -0.3 is 19.6 Å². The fourth-order valence-corrected chi connectivity index (χ4v) is 2.81. The second kappa shape index (κ2) is 6.64. The van der Waals surface area contributed by atoms with Gasteiger partial charge in [-0.15, -0.1) is 0 Å². The predicted molar refractivity (Wildman–Crippen MR) is 95.9 cm³/mol. The minimum Gasteiger partial charge on any atom is -0.508 e. The number of aryl methyl sites for hydroxylation is 1. The summed E-state index contributed by atoms with van der Waals surface area (Å²) >= 11 is 0. The van der Waals surface area contributed by atoms with E-state index in [9.17, 15) is 9.90 Å². The van der Waals surface area contributed by atoms with Crippen molar-refractivity contribution in [1.29, 1.82) is 0 Å². The fourth-order valence-electron chi connectivity index (χ4n) is 2.81. The molecule has 1 aromatic heterocycles. The summed E-state index contributed by atoms with van der Waals surface area (Å²) in [5.41, 5.74) is 9.58. The van der Waals surface area contributed by atoms with Gasteiger partial charge in [0.2, 0.25) is 0 Å². The number of hydrazine groups is 1. The first-order valence-electron chi connectivity index (χ1n) is 7.63. The molecular formula is C18H19N3O4. The molecule has 130 valence electrons. The molecule has 3 aromatic rings. The number of benzene rings is 2. The molecule has 0 aliphatic heterocycles. The van der Waals surface area contributed by atoms with Crippen molar-refractivity contribution in [3.05, 3.63) is 42.1 Å². The van der Waals surface area contributed by atoms with Crippen LogP contribution in [0.5, 0.6) is 11.5 Å². The molecule has 0 unspecified atom stereocenters. The highest BCUT2D eigenvalue weighted by molar-refractivity contribution is 5.98. The zero-order valence-corrected chi connectivity index (χ0v) is 14.1. The minimum absolute atomic E-state index is 0.209. The lowest BCUT2D eigenvalue weighted by atomic mass is 10.0. The molecule has 3 rings (SSSR count). The number of hydrogen-bond donors (Lipinski definition) is 4. The molecule has 0 saturated heterocycles. The first-order chi connectivity index (χ1) is 12.0. The number of rotatable bonds is 4. The number of H-pyrrole nitrogens is 1. The van der Waals surface area contributed by atoms with Crippen LogP contribution in [-0.2, 0) is 4.74 Å². The van der Waals surface area contributed by atoms with Crippen LogP contribution >= 0.6 is 0 Å². The third-order valence-corrected chi connectivity index (χ3v) is 3.94. The summed E-state index contributed by atoms with van der Waals surface area (Å²) in [6.07, 6.45) is -0.603. The molecule has 0 aliphatic rings. The van der Waals surface area contributed by atoms with E-state index in [-0.39, 0.29) is 5.75 Å². The summed E-state index contributed by atoms with van der Waals surface area (Å²) in [6.45, 7) is 1.98. The lowest BCUT2D eigenvalue weighted by Gasteiger charge is -2.13. The number of carbonyl (C=O) groups is 1. The molecule has 0 radical (unpaired) electrons. The van der Waals surface area contributed by atoms with Gasteiger partial charge in [0.15, 0.2) is 0 Å². The van der Waals surface area contributed by atoms with Crippen LogP contribution in [0.15, 0.2) is 36.4 Å². The highest BCUT2D eigenvalue weighted by Gasteiger charge is 2.14. The number of carbonyl (C=O) groups excluding carboxylic acids is 1. The number of aromatic nitrogens is 1. The van der Waals surface area contributed by atoms with Gasteiger partial charge in [0.1, 0.15) is 11.5 Å². The van der Waals surface area contributed by atoms with Gasteiger partial charge in [-0.3, -0.25) is 5.43 Å². The Labute approximate surface area is 144 Å². The van der Waals surface area contributed by atoms with Crippen molar-refractivity contribution >= 4 is 22.7 Å². The van der Waals surface area contributed by atoms with Crippen molar-refractivity contribution in [2.45, 2.75) is 6.92 Å². The number of fused-ring (bicyclic) bond motifs is 1. The van der Waals surface area contributed by atoms with Crippen molar-refractivity contribution in [1.82, 2.24) is 10.4 Å². The van der Waals surface area contributed by atoms with E-state index >= 15 is 0 Å². The van der Waals surface area contributed by atoms with E-state index in [4.69, 9.17) is 4.74 Å². The average molecular weight is 341 g/mol. The van der Waals surface area contributed by atoms with Crippen molar-refractivity contribution in [3.8, 4) is 22.6 Å². The molecule has 0 fully saturated rings. The lowest BCUT2D eigenvalue weighted by molar-refractivity contribution is 0.173. The van der Waals surface area contributed by atoms with Crippen LogP contribution < -0.4 is 15.6 Å². The van der Waals surface area contributed by atoms with E-state index in [1.54, 1.807) is 25.3 Å². The Morgan fingerprint density at radius 3 is 2.68 bits per heavy atom. The van der Waals surface area contributed by atoms with Crippen LogP contribution in [0, 0.1) is 6.92 Å². The normalized spacial score (nSPS) is 10.5. The van der Waals surface area contributed by atoms with Gasteiger partial charge in [-0.2, -0.15) is 0 Å². The van der Waals surface area contributed by atoms with Crippen LogP contribution in [-0.4, -0.2) is 30.4 Å². The molecule has 1 amide bonds. The highest BCUT2D eigenvalue weighted by atomic mass is 16.5. The van der Waals surface area contributed by atoms with E-state index in [1.807, 2.05) is 25.1 Å². The second-order valence-electron chi connectivity index (χ2n) is 5.51. The SMILES string of the molecule is COC(=O)NNc1ccc(-c2c(C)[nH]c3ccc(O)cc23)cc1OC. The first kappa shape index (κ1) is 16.5. The topological polar surface area (TPSA) is 95.6 Å². The Kier molecular flexibility index (Phi) is 4.38. The van der Waals surface area contributed by atoms with Crippen molar-refractivity contribution in [2.75, 3.05) is 19.6 Å². The lowest BCUT2D eigenvalue weighted by Crippen LogP contribution is -2.29. The molecule has 7 nitrogen and oxygen atoms in total. The summed E-state index contributed by atoms with van der Waals surface area (Å²) in [4.78, 5) is 14.5. The number of phenols is 1. The number of aromatic hydroxyl groups is 1. The smallest absolute Gasteiger partial charge is 0.425 e. The van der Waals surface area contributed by atoms with Gasteiger partial charge in [0.05, 0.1) is 19.9 Å². The van der Waals surface area contributed by atoms with Crippen LogP contribution in [0.25, 0.3) is 22.0 Å². The fraction of sp³-hybridized carbons (Fsp3) is 0.167. The van der Waals surface area contributed by atoms with E-state index in [0.29, 0.717) is 11.4 Å². The van der Waals surface area contributed by atoms with Gasteiger partial charge in [0, 0.05) is 22.2 Å². The molecule has 7 heteroatoms. The van der Waals surface area contributed by atoms with Gasteiger partial charge in [-0.05, 0) is 42.8 Å². The van der Waals surface area contributed by atoms with E-state index < -0.39 is 6.09 Å². The van der Waals surface area contributed by atoms with E-state index in [1.165, 1.54) is 7.11 Å². The molecule has 0 spiro atoms. The number of hydrogen-bond acceptors (Lipinski definition) is 5. The number of amides is 1. The quantitative estimate of drug-likeness (QED) is 0.544. The molecule has 0 atom stereocenters. The minimum atomic E-state index is -0.603. The third kappa shape index (κ3) is 3.16. The van der Waals surface area contributed by atoms with Crippen molar-refractivity contribution in [2.24, 2.45) is 0 Å². The second-order valence-corrected chi connectivity index (χ2v) is 5.51. The summed E-state index contributed by atoms with van der Waals surface area (Å²) in [5, 5.41) is 10.7. The Morgan fingerprint density at radius 2 is 1.96 bits per heavy atom. The Hall–Kier alpha value is -3.35. The van der Waals surface area contributed by atoms with Gasteiger partial charge in [-0.25, -0.2) is 10.2 Å². The van der Waals surface area contributed by atoms with Crippen LogP contribution in [0.2, 0.25) is 0 Å². The number of nitrogens with one attached hydrogen (secondary N) is 3. The molecule has 25 heavy (non-hydrogen) atoms. The first-order valence-corrected chi connectivity index (χ1v) is 7.63. The number of anilines is 1. The van der Waals surface area contributed by atoms with Crippen molar-refractivity contribution in [3.63, 3.8) is 0 Å². The molecule has 0 bridgehead atoms. The van der Waals surface area contributed by atoms with Crippen LogP contribution in [0.1, 0.15) is 5.69 Å². The summed E-state index contributed by atoms with van der Waals surface area (Å²) in [6, 6.07) is 10.8. The predicted octanol–water partition coefficient (Wildman–Crippen LogP) is 3.54. The van der Waals surface area contributed by atoms with Crippen LogP contribution in [0.4, 0.5) is 10.5 Å². The maximum atomic E-state index is 11.2. The zero-order chi connectivity index (χ0) is 18.0. The molecule has 1 heterocycles. The summed E-state index contributed by atoms with van der Waals surface area (Å²) in [5.74, 6) is 0.767. The third-order valence-electron chi connectivity index (χ3n) is 3.94. The maximum Gasteiger partial charge on any atom is 0.425 e. The number of phenolic OH excluding ortho intramolecular Hbond substituents is 1. The molecule has 0 aliphatic carbocycles. The van der Waals surface area contributed by atoms with Crippen molar-refractivity contribution < 1.29 is 19.4 Å². The Bertz CT molecular complexity index is 933. The van der Waals surface area contributed by atoms with E-state index in [0.717, 1.165) is 27.7 Å². The number of ether oxygens (including phenoxy) is 2. The summed E-state index contributed by atoms with van der Waals surface area (Å²) in [7, 11) is 2.84. The average Bonchev–Trinajstić information content (AvgIpc) is 2.94. The van der Waals surface area contributed by atoms with E-state index in [2.05, 4.69) is 20.6 Å². The Balaban J connectivity index is 2.02. The zero-order valence-electron chi connectivity index (χ0n) is 14.1. The summed E-state index contributed by atoms with van der Waals surface area (Å²) < 4.78 is 9.93. The van der Waals surface area contributed by atoms with Gasteiger partial charge >= 0.3 is 6.09 Å². The molecule has 0 saturated carbocycles. The standard InChI is InChI=1S/C18H19N3O4/c1-10-17(13-9-12(22)5-7-14(13)19-10)11-4-6-15(16(8-11)24-2)20-21-18(23)25-3/h4-9,19-20,22H,1-3H3,(H,21,23). The highest BCUT2D eigenvalue weighted by Crippen LogP contribution is 2.37. The van der Waals surface area contributed by atoms with Gasteiger partial charge in [-0.1, -0.05) is 6.07 Å². The van der Waals surface area contributed by atoms with Crippen LogP contribution in [0.3, 0.4) is 0 Å². The number of methoxy groups -OCH3 is 2. The van der Waals surface area contributed by atoms with Gasteiger partial charge in [0.25, 0.3) is 0 Å². The monoisotopic (exact) mass is 341 g/mol.